The van der Waals surface area contributed by atoms with Crippen molar-refractivity contribution in [3.63, 3.8) is 0 Å². The Morgan fingerprint density at radius 1 is 0.477 bits per heavy atom. The molecule has 370 valence electrons. The van der Waals surface area contributed by atoms with Crippen LogP contribution in [0.4, 0.5) is 0 Å². The first-order valence-electron chi connectivity index (χ1n) is 25.3. The minimum absolute atomic E-state index is 0.00703. The molecule has 0 aliphatic rings. The van der Waals surface area contributed by atoms with Crippen molar-refractivity contribution in [1.29, 1.82) is 0 Å². The number of nitrogens with zero attached hydrogens (tertiary/aromatic N) is 1. The van der Waals surface area contributed by atoms with E-state index in [1.54, 1.807) is 0 Å². The molecule has 2 atom stereocenters. The molecule has 8 nitrogen and oxygen atoms in total. The highest BCUT2D eigenvalue weighted by molar-refractivity contribution is 7.45. The Hall–Kier alpha value is -3.10. The van der Waals surface area contributed by atoms with Gasteiger partial charge in [0, 0.05) is 13.0 Å². The third kappa shape index (κ3) is 51.7. The molecule has 65 heavy (non-hydrogen) atoms. The Morgan fingerprint density at radius 3 is 1.26 bits per heavy atom. The van der Waals surface area contributed by atoms with Gasteiger partial charge in [-0.05, 0) is 96.3 Å². The quantitative estimate of drug-likeness (QED) is 0.0197. The third-order valence-electron chi connectivity index (χ3n) is 10.0. The number of allylic oxidation sites excluding steroid dienone is 20. The fourth-order valence-electron chi connectivity index (χ4n) is 6.20. The topological polar surface area (TPSA) is 94.1 Å². The molecule has 0 rings (SSSR count). The Bertz CT molecular complexity index is 1450. The smallest absolute Gasteiger partial charge is 0.306 e. The van der Waals surface area contributed by atoms with Crippen LogP contribution in [0.25, 0.3) is 0 Å². The van der Waals surface area contributed by atoms with E-state index in [9.17, 15) is 14.3 Å². The summed E-state index contributed by atoms with van der Waals surface area (Å²) in [5.41, 5.74) is 0. The zero-order chi connectivity index (χ0) is 47.6. The van der Waals surface area contributed by atoms with Crippen molar-refractivity contribution in [2.75, 3.05) is 54.1 Å². The molecule has 0 aliphatic heterocycles. The van der Waals surface area contributed by atoms with E-state index in [1.807, 2.05) is 21.1 Å². The fraction of sp³-hybridized carbons (Fsp3) is 0.625. The van der Waals surface area contributed by atoms with E-state index in [4.69, 9.17) is 18.5 Å². The maximum atomic E-state index is 12.8. The zero-order valence-electron chi connectivity index (χ0n) is 41.9. The fourth-order valence-corrected chi connectivity index (χ4v) is 6.93. The predicted molar refractivity (Wildman–Crippen MR) is 277 cm³/mol. The first-order valence-corrected chi connectivity index (χ1v) is 26.7. The van der Waals surface area contributed by atoms with Gasteiger partial charge in [-0.15, -0.1) is 0 Å². The number of carbonyl (C=O) groups is 1. The highest BCUT2D eigenvalue weighted by Gasteiger charge is 2.20. The Labute approximate surface area is 399 Å². The molecule has 0 bridgehead atoms. The van der Waals surface area contributed by atoms with E-state index in [1.165, 1.54) is 44.9 Å². The van der Waals surface area contributed by atoms with Gasteiger partial charge >= 0.3 is 5.97 Å². The molecule has 0 saturated heterocycles. The van der Waals surface area contributed by atoms with Crippen LogP contribution in [-0.4, -0.2) is 70.7 Å². The van der Waals surface area contributed by atoms with Gasteiger partial charge in [0.05, 0.1) is 34.4 Å². The number of rotatable bonds is 45. The largest absolute Gasteiger partial charge is 0.756 e. The molecule has 0 spiro atoms. The van der Waals surface area contributed by atoms with Crippen molar-refractivity contribution in [2.45, 2.75) is 174 Å². The summed E-state index contributed by atoms with van der Waals surface area (Å²) in [6, 6.07) is 0. The average Bonchev–Trinajstić information content (AvgIpc) is 3.27. The molecular formula is C56H94NO7P. The molecule has 0 aromatic carbocycles. The summed E-state index contributed by atoms with van der Waals surface area (Å²) in [7, 11) is 1.30. The van der Waals surface area contributed by atoms with E-state index >= 15 is 0 Å². The van der Waals surface area contributed by atoms with Crippen molar-refractivity contribution in [2.24, 2.45) is 0 Å². The van der Waals surface area contributed by atoms with E-state index in [0.717, 1.165) is 103 Å². The van der Waals surface area contributed by atoms with Crippen molar-refractivity contribution in [3.05, 3.63) is 122 Å². The molecule has 0 aromatic heterocycles. The SMILES string of the molecule is CC/C=C\C/C=C\C/C=C\C/C=C\C/C=C\C/C=C\CCCOCC(COP(=O)([O-])OCC[N+](C)(C)C)OC(=O)CCCCCCCCCCCC/C=C\C/C=C\C/C=C\C/C=C\CC. The number of phosphoric acid groups is 1. The van der Waals surface area contributed by atoms with Gasteiger partial charge in [-0.1, -0.05) is 187 Å². The first-order chi connectivity index (χ1) is 31.6. The number of unbranched alkanes of at least 4 members (excludes halogenated alkanes) is 11. The highest BCUT2D eigenvalue weighted by Crippen LogP contribution is 2.38. The Kier molecular flexibility index (Phi) is 45.1. The Morgan fingerprint density at radius 2 is 0.846 bits per heavy atom. The third-order valence-corrected chi connectivity index (χ3v) is 11.0. The number of carbonyl (C=O) groups excluding carboxylic acids is 1. The lowest BCUT2D eigenvalue weighted by atomic mass is 10.0. The van der Waals surface area contributed by atoms with Crippen LogP contribution in [0.3, 0.4) is 0 Å². The lowest BCUT2D eigenvalue weighted by Gasteiger charge is -2.28. The molecule has 9 heteroatoms. The van der Waals surface area contributed by atoms with Crippen LogP contribution in [0.15, 0.2) is 122 Å². The summed E-state index contributed by atoms with van der Waals surface area (Å²) in [5, 5.41) is 0. The minimum atomic E-state index is -4.56. The number of hydrogen-bond acceptors (Lipinski definition) is 7. The van der Waals surface area contributed by atoms with E-state index < -0.39 is 13.9 Å². The van der Waals surface area contributed by atoms with Crippen molar-refractivity contribution in [3.8, 4) is 0 Å². The summed E-state index contributed by atoms with van der Waals surface area (Å²) in [5.74, 6) is -0.364. The van der Waals surface area contributed by atoms with Crippen LogP contribution >= 0.6 is 7.82 Å². The molecule has 0 radical (unpaired) electrons. The molecule has 0 amide bonds. The molecule has 0 heterocycles. The monoisotopic (exact) mass is 924 g/mol. The van der Waals surface area contributed by atoms with E-state index in [-0.39, 0.29) is 32.2 Å². The maximum Gasteiger partial charge on any atom is 0.306 e. The summed E-state index contributed by atoms with van der Waals surface area (Å²) in [6.07, 6.45) is 68.1. The molecule has 2 unspecified atom stereocenters. The standard InChI is InChI=1S/C56H94NO7P/c1-6-8-10-12-14-16-18-20-22-24-26-28-29-30-31-33-35-37-39-41-43-45-47-49-56(58)64-55(54-63-65(59,60)62-52-50-57(3,4)5)53-61-51-48-46-44-42-40-38-36-34-32-27-25-23-21-19-17-15-13-11-9-7-2/h8-11,14-17,20-23,26-28,32,36,38,42,44,55H,6-7,12-13,18-19,24-25,29-31,33-35,37,39-41,43,45-54H2,1-5H3/b10-8-,11-9-,16-14-,17-15-,22-20-,23-21-,28-26-,32-27-,38-36-,44-42-. The van der Waals surface area contributed by atoms with Crippen LogP contribution in [-0.2, 0) is 27.9 Å². The summed E-state index contributed by atoms with van der Waals surface area (Å²) >= 11 is 0. The number of likely N-dealkylation sites (N-methyl/N-ethyl adjacent to an activating group) is 1. The second-order valence-electron chi connectivity index (χ2n) is 17.4. The molecular weight excluding hydrogens is 830 g/mol. The first kappa shape index (κ1) is 61.9. The van der Waals surface area contributed by atoms with Gasteiger partial charge in [-0.3, -0.25) is 9.36 Å². The molecule has 0 aliphatic carbocycles. The molecule has 0 N–H and O–H groups in total. The van der Waals surface area contributed by atoms with E-state index in [0.29, 0.717) is 17.6 Å². The second-order valence-corrected chi connectivity index (χ2v) is 18.8. The van der Waals surface area contributed by atoms with Crippen LogP contribution in [0.2, 0.25) is 0 Å². The number of ether oxygens (including phenoxy) is 2. The average molecular weight is 924 g/mol. The summed E-state index contributed by atoms with van der Waals surface area (Å²) in [4.78, 5) is 25.2. The number of esters is 1. The number of hydrogen-bond donors (Lipinski definition) is 0. The normalized spacial score (nSPS) is 14.6. The van der Waals surface area contributed by atoms with Gasteiger partial charge in [0.1, 0.15) is 19.3 Å². The van der Waals surface area contributed by atoms with E-state index in [2.05, 4.69) is 135 Å². The van der Waals surface area contributed by atoms with Crippen LogP contribution in [0.5, 0.6) is 0 Å². The predicted octanol–water partition coefficient (Wildman–Crippen LogP) is 15.1. The maximum absolute atomic E-state index is 12.8. The lowest BCUT2D eigenvalue weighted by Crippen LogP contribution is -2.37. The number of phosphoric ester groups is 1. The minimum Gasteiger partial charge on any atom is -0.756 e. The molecule has 0 fully saturated rings. The molecule has 0 aromatic rings. The Balaban J connectivity index is 4.28. The number of quaternary nitrogens is 1. The second kappa shape index (κ2) is 47.4. The van der Waals surface area contributed by atoms with Crippen molar-refractivity contribution >= 4 is 13.8 Å². The van der Waals surface area contributed by atoms with Crippen LogP contribution < -0.4 is 4.89 Å². The van der Waals surface area contributed by atoms with Crippen molar-refractivity contribution in [1.82, 2.24) is 0 Å². The van der Waals surface area contributed by atoms with Gasteiger partial charge in [0.25, 0.3) is 7.82 Å². The van der Waals surface area contributed by atoms with Gasteiger partial charge in [-0.25, -0.2) is 0 Å². The van der Waals surface area contributed by atoms with Gasteiger partial charge in [0.2, 0.25) is 0 Å². The van der Waals surface area contributed by atoms with Crippen LogP contribution in [0.1, 0.15) is 168 Å². The summed E-state index contributed by atoms with van der Waals surface area (Å²) < 4.78 is 34.6. The van der Waals surface area contributed by atoms with Gasteiger partial charge in [0.15, 0.2) is 0 Å². The van der Waals surface area contributed by atoms with Gasteiger partial charge < -0.3 is 27.9 Å². The zero-order valence-corrected chi connectivity index (χ0v) is 42.8. The van der Waals surface area contributed by atoms with Crippen LogP contribution in [0, 0.1) is 0 Å². The lowest BCUT2D eigenvalue weighted by molar-refractivity contribution is -0.870. The van der Waals surface area contributed by atoms with Crippen molar-refractivity contribution < 1.29 is 37.3 Å². The highest BCUT2D eigenvalue weighted by atomic mass is 31.2. The summed E-state index contributed by atoms with van der Waals surface area (Å²) in [6.45, 7) is 4.99. The molecule has 0 saturated carbocycles. The van der Waals surface area contributed by atoms with Gasteiger partial charge in [-0.2, -0.15) is 0 Å².